The van der Waals surface area contributed by atoms with Crippen LogP contribution in [0.3, 0.4) is 0 Å². The third-order valence-corrected chi connectivity index (χ3v) is 2.52. The summed E-state index contributed by atoms with van der Waals surface area (Å²) in [5, 5.41) is 2.96. The molecule has 0 aromatic rings. The van der Waals surface area contributed by atoms with Crippen LogP contribution in [0, 0.1) is 0 Å². The highest BCUT2D eigenvalue weighted by Crippen LogP contribution is 2.33. The molecule has 4 nitrogen and oxygen atoms in total. The number of amides is 1. The molecule has 0 aromatic carbocycles. The molecule has 0 aromatic heterocycles. The fourth-order valence-corrected chi connectivity index (χ4v) is 2.13. The van der Waals surface area contributed by atoms with E-state index >= 15 is 0 Å². The van der Waals surface area contributed by atoms with Crippen molar-refractivity contribution >= 4 is 5.91 Å². The molecule has 0 aliphatic carbocycles. The van der Waals surface area contributed by atoms with E-state index in [4.69, 9.17) is 9.47 Å². The first-order chi connectivity index (χ1) is 6.02. The van der Waals surface area contributed by atoms with E-state index < -0.39 is 0 Å². The standard InChI is InChI=1S/C9H15NO3/c1-8(2)4-9(6-13-8)5-12-3-7(11)10-9/h3-6H2,1-2H3,(H,10,11). The summed E-state index contributed by atoms with van der Waals surface area (Å²) in [6.07, 6.45) is 0.825. The van der Waals surface area contributed by atoms with Gasteiger partial charge in [0.1, 0.15) is 6.61 Å². The second kappa shape index (κ2) is 2.69. The lowest BCUT2D eigenvalue weighted by molar-refractivity contribution is -0.135. The zero-order valence-corrected chi connectivity index (χ0v) is 8.05. The van der Waals surface area contributed by atoms with Gasteiger partial charge in [0.05, 0.1) is 24.4 Å². The summed E-state index contributed by atoms with van der Waals surface area (Å²) >= 11 is 0. The van der Waals surface area contributed by atoms with E-state index in [1.54, 1.807) is 0 Å². The van der Waals surface area contributed by atoms with Crippen LogP contribution in [0.5, 0.6) is 0 Å². The molecular weight excluding hydrogens is 170 g/mol. The van der Waals surface area contributed by atoms with Gasteiger partial charge in [-0.3, -0.25) is 4.79 Å². The molecule has 13 heavy (non-hydrogen) atoms. The topological polar surface area (TPSA) is 47.6 Å². The van der Waals surface area contributed by atoms with Crippen molar-refractivity contribution in [3.8, 4) is 0 Å². The van der Waals surface area contributed by atoms with Crippen LogP contribution in [-0.4, -0.2) is 36.9 Å². The summed E-state index contributed by atoms with van der Waals surface area (Å²) in [6.45, 7) is 5.38. The molecule has 1 atom stereocenters. The maximum Gasteiger partial charge on any atom is 0.246 e. The number of carbonyl (C=O) groups is 1. The van der Waals surface area contributed by atoms with Crippen molar-refractivity contribution < 1.29 is 14.3 Å². The maximum atomic E-state index is 11.1. The predicted molar refractivity (Wildman–Crippen MR) is 46.3 cm³/mol. The molecular formula is C9H15NO3. The molecule has 2 aliphatic rings. The Hall–Kier alpha value is -0.610. The number of carbonyl (C=O) groups excluding carboxylic acids is 1. The van der Waals surface area contributed by atoms with Gasteiger partial charge in [0, 0.05) is 6.42 Å². The second-order valence-electron chi connectivity index (χ2n) is 4.55. The fourth-order valence-electron chi connectivity index (χ4n) is 2.13. The summed E-state index contributed by atoms with van der Waals surface area (Å²) in [6, 6.07) is 0. The highest BCUT2D eigenvalue weighted by atomic mass is 16.5. The van der Waals surface area contributed by atoms with E-state index in [2.05, 4.69) is 5.32 Å². The molecule has 2 heterocycles. The van der Waals surface area contributed by atoms with E-state index in [1.807, 2.05) is 13.8 Å². The van der Waals surface area contributed by atoms with Gasteiger partial charge in [0.25, 0.3) is 0 Å². The van der Waals surface area contributed by atoms with Crippen molar-refractivity contribution in [2.24, 2.45) is 0 Å². The molecule has 2 fully saturated rings. The van der Waals surface area contributed by atoms with Crippen LogP contribution in [0.25, 0.3) is 0 Å². The van der Waals surface area contributed by atoms with E-state index in [0.717, 1.165) is 6.42 Å². The molecule has 74 valence electrons. The number of rotatable bonds is 0. The van der Waals surface area contributed by atoms with E-state index in [-0.39, 0.29) is 23.7 Å². The van der Waals surface area contributed by atoms with Crippen molar-refractivity contribution in [3.05, 3.63) is 0 Å². The summed E-state index contributed by atoms with van der Waals surface area (Å²) in [4.78, 5) is 11.1. The molecule has 2 rings (SSSR count). The SMILES string of the molecule is CC1(C)CC2(COCC(=O)N2)CO1. The zero-order chi connectivity index (χ0) is 9.53. The minimum Gasteiger partial charge on any atom is -0.373 e. The van der Waals surface area contributed by atoms with E-state index in [9.17, 15) is 4.79 Å². The van der Waals surface area contributed by atoms with Gasteiger partial charge in [-0.15, -0.1) is 0 Å². The monoisotopic (exact) mass is 185 g/mol. The van der Waals surface area contributed by atoms with Gasteiger partial charge in [-0.25, -0.2) is 0 Å². The molecule has 2 aliphatic heterocycles. The normalized spacial score (nSPS) is 37.8. The molecule has 4 heteroatoms. The van der Waals surface area contributed by atoms with Crippen molar-refractivity contribution in [2.75, 3.05) is 19.8 Å². The average Bonchev–Trinajstić information content (AvgIpc) is 2.26. The first-order valence-corrected chi connectivity index (χ1v) is 4.54. The largest absolute Gasteiger partial charge is 0.373 e. The van der Waals surface area contributed by atoms with Gasteiger partial charge in [-0.1, -0.05) is 0 Å². The number of morpholine rings is 1. The van der Waals surface area contributed by atoms with Gasteiger partial charge in [-0.2, -0.15) is 0 Å². The van der Waals surface area contributed by atoms with Crippen molar-refractivity contribution in [2.45, 2.75) is 31.4 Å². The first-order valence-electron chi connectivity index (χ1n) is 4.54. The van der Waals surface area contributed by atoms with Crippen molar-refractivity contribution in [3.63, 3.8) is 0 Å². The fraction of sp³-hybridized carbons (Fsp3) is 0.889. The van der Waals surface area contributed by atoms with Crippen LogP contribution < -0.4 is 5.32 Å². The van der Waals surface area contributed by atoms with E-state index in [1.165, 1.54) is 0 Å². The maximum absolute atomic E-state index is 11.1. The molecule has 1 amide bonds. The van der Waals surface area contributed by atoms with Crippen molar-refractivity contribution in [1.82, 2.24) is 5.32 Å². The highest BCUT2D eigenvalue weighted by molar-refractivity contribution is 5.78. The smallest absolute Gasteiger partial charge is 0.246 e. The van der Waals surface area contributed by atoms with Crippen LogP contribution in [0.2, 0.25) is 0 Å². The third kappa shape index (κ3) is 1.69. The average molecular weight is 185 g/mol. The lowest BCUT2D eigenvalue weighted by atomic mass is 9.90. The van der Waals surface area contributed by atoms with Gasteiger partial charge in [-0.05, 0) is 13.8 Å². The Morgan fingerprint density at radius 2 is 2.15 bits per heavy atom. The number of hydrogen-bond donors (Lipinski definition) is 1. The van der Waals surface area contributed by atoms with E-state index in [0.29, 0.717) is 13.2 Å². The van der Waals surface area contributed by atoms with Crippen LogP contribution in [0.4, 0.5) is 0 Å². The number of ether oxygens (including phenoxy) is 2. The molecule has 2 saturated heterocycles. The Labute approximate surface area is 77.6 Å². The molecule has 1 spiro atoms. The quantitative estimate of drug-likeness (QED) is 0.581. The second-order valence-corrected chi connectivity index (χ2v) is 4.55. The lowest BCUT2D eigenvalue weighted by Gasteiger charge is -2.33. The molecule has 1 N–H and O–H groups in total. The summed E-state index contributed by atoms with van der Waals surface area (Å²) in [7, 11) is 0. The molecule has 0 bridgehead atoms. The Balaban J connectivity index is 2.09. The van der Waals surface area contributed by atoms with Gasteiger partial charge in [0.2, 0.25) is 5.91 Å². The van der Waals surface area contributed by atoms with Crippen LogP contribution in [0.1, 0.15) is 20.3 Å². The Morgan fingerprint density at radius 1 is 1.38 bits per heavy atom. The molecule has 0 radical (unpaired) electrons. The lowest BCUT2D eigenvalue weighted by Crippen LogP contribution is -2.58. The van der Waals surface area contributed by atoms with Gasteiger partial charge >= 0.3 is 0 Å². The van der Waals surface area contributed by atoms with Crippen LogP contribution in [0.15, 0.2) is 0 Å². The van der Waals surface area contributed by atoms with Crippen molar-refractivity contribution in [1.29, 1.82) is 0 Å². The summed E-state index contributed by atoms with van der Waals surface area (Å²) in [5.74, 6) is -0.0347. The summed E-state index contributed by atoms with van der Waals surface area (Å²) in [5.41, 5.74) is -0.410. The highest BCUT2D eigenvalue weighted by Gasteiger charge is 2.47. The molecule has 0 saturated carbocycles. The molecule has 1 unspecified atom stereocenters. The number of hydrogen-bond acceptors (Lipinski definition) is 3. The first kappa shape index (κ1) is 8.97. The Bertz CT molecular complexity index is 239. The third-order valence-electron chi connectivity index (χ3n) is 2.52. The Kier molecular flexibility index (Phi) is 1.85. The van der Waals surface area contributed by atoms with Crippen LogP contribution >= 0.6 is 0 Å². The predicted octanol–water partition coefficient (Wildman–Crippen LogP) is 0.0705. The Morgan fingerprint density at radius 3 is 2.69 bits per heavy atom. The minimum absolute atomic E-state index is 0.0347. The zero-order valence-electron chi connectivity index (χ0n) is 8.05. The van der Waals surface area contributed by atoms with Gasteiger partial charge < -0.3 is 14.8 Å². The minimum atomic E-state index is -0.265. The number of nitrogens with one attached hydrogen (secondary N) is 1. The van der Waals surface area contributed by atoms with Crippen LogP contribution in [-0.2, 0) is 14.3 Å². The van der Waals surface area contributed by atoms with Gasteiger partial charge in [0.15, 0.2) is 0 Å². The summed E-state index contributed by atoms with van der Waals surface area (Å²) < 4.78 is 10.8.